The summed E-state index contributed by atoms with van der Waals surface area (Å²) < 4.78 is 56.1. The number of aryl methyl sites for hydroxylation is 2. The molecule has 0 aromatic carbocycles. The predicted molar refractivity (Wildman–Crippen MR) is 123 cm³/mol. The molecule has 12 heteroatoms. The molecule has 35 heavy (non-hydrogen) atoms. The molecular weight excluding hydrogens is 468 g/mol. The van der Waals surface area contributed by atoms with Gasteiger partial charge in [0.1, 0.15) is 5.52 Å². The molecule has 4 aromatic rings. The van der Waals surface area contributed by atoms with E-state index in [1.54, 1.807) is 37.8 Å². The molecule has 0 aliphatic rings. The average molecular weight is 486 g/mol. The van der Waals surface area contributed by atoms with Gasteiger partial charge in [0.05, 0.1) is 11.1 Å². The average Bonchev–Trinajstić information content (AvgIpc) is 3.15. The second-order valence-electron chi connectivity index (χ2n) is 7.70. The standard InChI is InChI=1S/C23H18F4N6O2/c1-32-10-15(12-4-3-5-29-8-12)14(6-17(32)34)16-11-33(2)22(35)21-18(16)19(24)20(31-21)13(7-28)9-30-23(25,26)27/h3-11,28,30-31H,1-2H3/b13-9+,28-7?. The summed E-state index contributed by atoms with van der Waals surface area (Å²) in [5.74, 6) is -1.04. The second-order valence-corrected chi connectivity index (χ2v) is 7.70. The summed E-state index contributed by atoms with van der Waals surface area (Å²) in [5.41, 5.74) is -0.644. The van der Waals surface area contributed by atoms with Gasteiger partial charge in [-0.3, -0.25) is 14.6 Å². The normalized spacial score (nSPS) is 12.2. The molecule has 8 nitrogen and oxygen atoms in total. The van der Waals surface area contributed by atoms with E-state index in [4.69, 9.17) is 5.41 Å². The van der Waals surface area contributed by atoms with Crippen molar-refractivity contribution in [3.63, 3.8) is 0 Å². The van der Waals surface area contributed by atoms with Crippen molar-refractivity contribution >= 4 is 22.7 Å². The Hall–Kier alpha value is -4.48. The quantitative estimate of drug-likeness (QED) is 0.228. The Bertz CT molecular complexity index is 1600. The summed E-state index contributed by atoms with van der Waals surface area (Å²) in [5, 5.41) is 8.37. The van der Waals surface area contributed by atoms with E-state index in [1.165, 1.54) is 28.4 Å². The van der Waals surface area contributed by atoms with E-state index in [0.717, 1.165) is 5.32 Å². The second kappa shape index (κ2) is 8.70. The van der Waals surface area contributed by atoms with Crippen molar-refractivity contribution in [3.8, 4) is 22.3 Å². The monoisotopic (exact) mass is 486 g/mol. The molecule has 4 heterocycles. The summed E-state index contributed by atoms with van der Waals surface area (Å²) in [6, 6.07) is 4.71. The molecular formula is C23H18F4N6O2. The van der Waals surface area contributed by atoms with Gasteiger partial charge in [-0.25, -0.2) is 4.39 Å². The summed E-state index contributed by atoms with van der Waals surface area (Å²) in [6.07, 6.45) is 2.16. The van der Waals surface area contributed by atoms with Crippen molar-refractivity contribution in [2.75, 3.05) is 0 Å². The molecule has 4 aromatic heterocycles. The van der Waals surface area contributed by atoms with E-state index in [0.29, 0.717) is 29.1 Å². The molecule has 0 radical (unpaired) electrons. The van der Waals surface area contributed by atoms with Crippen molar-refractivity contribution in [1.82, 2.24) is 24.4 Å². The highest BCUT2D eigenvalue weighted by atomic mass is 19.4. The fourth-order valence-electron chi connectivity index (χ4n) is 3.74. The molecule has 0 fully saturated rings. The summed E-state index contributed by atoms with van der Waals surface area (Å²) in [4.78, 5) is 31.9. The number of hydrogen-bond donors (Lipinski definition) is 3. The third-order valence-electron chi connectivity index (χ3n) is 5.39. The van der Waals surface area contributed by atoms with Crippen LogP contribution in [0.3, 0.4) is 0 Å². The van der Waals surface area contributed by atoms with Gasteiger partial charge >= 0.3 is 6.30 Å². The van der Waals surface area contributed by atoms with Crippen LogP contribution in [-0.2, 0) is 14.1 Å². The zero-order valence-electron chi connectivity index (χ0n) is 18.4. The van der Waals surface area contributed by atoms with Gasteiger partial charge in [-0.05, 0) is 11.6 Å². The molecule has 0 bridgehead atoms. The van der Waals surface area contributed by atoms with Gasteiger partial charge in [-0.15, -0.1) is 0 Å². The molecule has 0 unspecified atom stereocenters. The summed E-state index contributed by atoms with van der Waals surface area (Å²) in [7, 11) is 2.97. The van der Waals surface area contributed by atoms with Gasteiger partial charge < -0.3 is 24.8 Å². The number of halogens is 4. The van der Waals surface area contributed by atoms with Crippen molar-refractivity contribution in [2.45, 2.75) is 6.30 Å². The van der Waals surface area contributed by atoms with Crippen molar-refractivity contribution in [2.24, 2.45) is 14.1 Å². The van der Waals surface area contributed by atoms with Crippen LogP contribution in [0.25, 0.3) is 38.7 Å². The highest BCUT2D eigenvalue weighted by molar-refractivity contribution is 6.10. The summed E-state index contributed by atoms with van der Waals surface area (Å²) in [6.45, 7) is 0. The lowest BCUT2D eigenvalue weighted by Crippen LogP contribution is -2.26. The number of pyridine rings is 3. The minimum atomic E-state index is -4.80. The molecule has 4 rings (SSSR count). The maximum Gasteiger partial charge on any atom is 0.481 e. The highest BCUT2D eigenvalue weighted by Gasteiger charge is 2.27. The van der Waals surface area contributed by atoms with Gasteiger partial charge in [0.2, 0.25) is 0 Å². The number of rotatable bonds is 5. The van der Waals surface area contributed by atoms with E-state index < -0.39 is 34.5 Å². The molecule has 0 atom stereocenters. The number of nitrogens with one attached hydrogen (secondary N) is 3. The molecule has 0 amide bonds. The minimum absolute atomic E-state index is 0.159. The van der Waals surface area contributed by atoms with Gasteiger partial charge in [0.15, 0.2) is 5.82 Å². The largest absolute Gasteiger partial charge is 0.481 e. The number of hydrogen-bond acceptors (Lipinski definition) is 5. The Kier molecular flexibility index (Phi) is 5.89. The van der Waals surface area contributed by atoms with Crippen LogP contribution in [0, 0.1) is 11.2 Å². The zero-order chi connectivity index (χ0) is 25.5. The number of aromatic amines is 1. The third kappa shape index (κ3) is 4.37. The molecule has 180 valence electrons. The van der Waals surface area contributed by atoms with Gasteiger partial charge in [0.25, 0.3) is 11.1 Å². The first-order valence-electron chi connectivity index (χ1n) is 10.1. The number of allylic oxidation sites excluding steroid dienone is 1. The lowest BCUT2D eigenvalue weighted by molar-refractivity contribution is -0.146. The fraction of sp³-hybridized carbons (Fsp3) is 0.130. The van der Waals surface area contributed by atoms with E-state index in [-0.39, 0.29) is 16.5 Å². The smallest absolute Gasteiger partial charge is 0.347 e. The lowest BCUT2D eigenvalue weighted by atomic mass is 9.96. The van der Waals surface area contributed by atoms with Crippen LogP contribution in [0.4, 0.5) is 17.6 Å². The van der Waals surface area contributed by atoms with Gasteiger partial charge in [-0.2, -0.15) is 13.2 Å². The molecule has 0 saturated heterocycles. The van der Waals surface area contributed by atoms with Crippen LogP contribution in [0.1, 0.15) is 5.69 Å². The van der Waals surface area contributed by atoms with E-state index in [2.05, 4.69) is 9.97 Å². The first kappa shape index (κ1) is 23.7. The van der Waals surface area contributed by atoms with Crippen LogP contribution in [0.15, 0.2) is 58.8 Å². The van der Waals surface area contributed by atoms with Crippen LogP contribution in [-0.4, -0.2) is 31.6 Å². The molecule has 0 saturated carbocycles. The zero-order valence-corrected chi connectivity index (χ0v) is 18.4. The third-order valence-corrected chi connectivity index (χ3v) is 5.39. The summed E-state index contributed by atoms with van der Waals surface area (Å²) >= 11 is 0. The lowest BCUT2D eigenvalue weighted by Gasteiger charge is -2.13. The molecule has 0 aliphatic carbocycles. The number of H-pyrrole nitrogens is 1. The van der Waals surface area contributed by atoms with Gasteiger partial charge in [-0.1, -0.05) is 6.07 Å². The van der Waals surface area contributed by atoms with Crippen molar-refractivity contribution in [1.29, 1.82) is 5.41 Å². The Morgan fingerprint density at radius 3 is 2.49 bits per heavy atom. The maximum absolute atomic E-state index is 15.7. The molecule has 0 spiro atoms. The highest BCUT2D eigenvalue weighted by Crippen LogP contribution is 2.36. The number of alkyl halides is 3. The van der Waals surface area contributed by atoms with E-state index in [1.807, 2.05) is 0 Å². The van der Waals surface area contributed by atoms with Crippen molar-refractivity contribution < 1.29 is 17.6 Å². The SMILES string of the molecule is Cn1cc(-c2cccnc2)c(-c2cn(C)c(=O)c3[nH]c(/C(C=N)=C/NC(F)(F)F)c(F)c23)cc1=O. The maximum atomic E-state index is 15.7. The Morgan fingerprint density at radius 1 is 1.14 bits per heavy atom. The Labute approximate surface area is 194 Å². The number of fused-ring (bicyclic) bond motifs is 1. The van der Waals surface area contributed by atoms with Crippen LogP contribution < -0.4 is 16.4 Å². The predicted octanol–water partition coefficient (Wildman–Crippen LogP) is 3.53. The van der Waals surface area contributed by atoms with E-state index >= 15 is 4.39 Å². The Morgan fingerprint density at radius 2 is 1.86 bits per heavy atom. The van der Waals surface area contributed by atoms with Crippen LogP contribution in [0.5, 0.6) is 0 Å². The fourth-order valence-corrected chi connectivity index (χ4v) is 3.74. The number of nitrogens with zero attached hydrogens (tertiary/aromatic N) is 3. The van der Waals surface area contributed by atoms with Gasteiger partial charge in [0, 0.05) is 79.6 Å². The first-order chi connectivity index (χ1) is 16.5. The van der Waals surface area contributed by atoms with Crippen LogP contribution in [0.2, 0.25) is 0 Å². The number of aromatic nitrogens is 4. The molecule has 3 N–H and O–H groups in total. The van der Waals surface area contributed by atoms with E-state index in [9.17, 15) is 22.8 Å². The Balaban J connectivity index is 2.07. The van der Waals surface area contributed by atoms with Crippen molar-refractivity contribution in [3.05, 3.63) is 81.4 Å². The first-order valence-corrected chi connectivity index (χ1v) is 10.1. The minimum Gasteiger partial charge on any atom is -0.347 e. The topological polar surface area (TPSA) is 109 Å². The van der Waals surface area contributed by atoms with Crippen LogP contribution >= 0.6 is 0 Å². The molecule has 0 aliphatic heterocycles.